The number of hydrogen-bond donors (Lipinski definition) is 2. The molecule has 0 aliphatic heterocycles. The molecule has 0 aromatic heterocycles. The number of alkyl carbamates (subject to hydrolysis) is 1. The van der Waals surface area contributed by atoms with E-state index in [0.717, 1.165) is 11.0 Å². The van der Waals surface area contributed by atoms with Crippen LogP contribution in [0.2, 0.25) is 5.02 Å². The van der Waals surface area contributed by atoms with Gasteiger partial charge in [-0.1, -0.05) is 18.2 Å². The molecular formula is C15H19ClN2O5S. The first-order valence-electron chi connectivity index (χ1n) is 6.99. The maximum Gasteiger partial charge on any atom is 0.407 e. The van der Waals surface area contributed by atoms with Gasteiger partial charge in [0.25, 0.3) is 0 Å². The highest BCUT2D eigenvalue weighted by Gasteiger charge is 2.15. The fourth-order valence-electron chi connectivity index (χ4n) is 1.50. The van der Waals surface area contributed by atoms with E-state index in [1.807, 2.05) is 12.1 Å². The standard InChI is InChI=1S/C15H19ClN2O5S/c1-2-14(19)21-8-7-18-15(20)23-12(9-22-17)10-24-13-5-3-11(16)4-6-13/h2-6,12H,1,7-10,17H2,(H,18,20). The van der Waals surface area contributed by atoms with Crippen LogP contribution in [-0.2, 0) is 19.1 Å². The van der Waals surface area contributed by atoms with Crippen LogP contribution < -0.4 is 11.2 Å². The minimum Gasteiger partial charge on any atom is -0.461 e. The van der Waals surface area contributed by atoms with Gasteiger partial charge in [-0.25, -0.2) is 15.5 Å². The van der Waals surface area contributed by atoms with Crippen LogP contribution in [0.5, 0.6) is 0 Å². The minimum atomic E-state index is -0.650. The molecule has 1 amide bonds. The predicted molar refractivity (Wildman–Crippen MR) is 91.7 cm³/mol. The van der Waals surface area contributed by atoms with Crippen molar-refractivity contribution in [3.05, 3.63) is 41.9 Å². The second kappa shape index (κ2) is 11.7. The summed E-state index contributed by atoms with van der Waals surface area (Å²) in [6.07, 6.45) is -0.143. The van der Waals surface area contributed by atoms with Crippen LogP contribution in [-0.4, -0.2) is 43.7 Å². The number of carbonyl (C=O) groups excluding carboxylic acids is 2. The third-order valence-corrected chi connectivity index (χ3v) is 3.98. The van der Waals surface area contributed by atoms with Gasteiger partial charge < -0.3 is 19.6 Å². The molecule has 24 heavy (non-hydrogen) atoms. The first-order chi connectivity index (χ1) is 11.5. The van der Waals surface area contributed by atoms with Gasteiger partial charge in [-0.05, 0) is 24.3 Å². The molecule has 0 saturated carbocycles. The molecule has 132 valence electrons. The topological polar surface area (TPSA) is 99.9 Å². The molecule has 0 aliphatic carbocycles. The monoisotopic (exact) mass is 374 g/mol. The average molecular weight is 375 g/mol. The van der Waals surface area contributed by atoms with E-state index in [9.17, 15) is 9.59 Å². The summed E-state index contributed by atoms with van der Waals surface area (Å²) < 4.78 is 9.93. The Morgan fingerprint density at radius 1 is 1.38 bits per heavy atom. The van der Waals surface area contributed by atoms with E-state index in [4.69, 9.17) is 27.0 Å². The van der Waals surface area contributed by atoms with Gasteiger partial charge in [-0.2, -0.15) is 0 Å². The van der Waals surface area contributed by atoms with Gasteiger partial charge in [0.1, 0.15) is 19.3 Å². The molecule has 0 saturated heterocycles. The van der Waals surface area contributed by atoms with Crippen molar-refractivity contribution in [1.82, 2.24) is 5.32 Å². The smallest absolute Gasteiger partial charge is 0.407 e. The largest absolute Gasteiger partial charge is 0.461 e. The van der Waals surface area contributed by atoms with E-state index in [-0.39, 0.29) is 19.8 Å². The average Bonchev–Trinajstić information content (AvgIpc) is 2.58. The molecule has 0 heterocycles. The van der Waals surface area contributed by atoms with Crippen molar-refractivity contribution in [3.63, 3.8) is 0 Å². The van der Waals surface area contributed by atoms with E-state index in [1.54, 1.807) is 12.1 Å². The van der Waals surface area contributed by atoms with Crippen LogP contribution in [0.25, 0.3) is 0 Å². The number of halogens is 1. The molecule has 1 aromatic carbocycles. The molecule has 1 aromatic rings. The maximum absolute atomic E-state index is 11.7. The highest BCUT2D eigenvalue weighted by Crippen LogP contribution is 2.21. The number of rotatable bonds is 10. The minimum absolute atomic E-state index is 0.0253. The van der Waals surface area contributed by atoms with Gasteiger partial charge in [-0.15, -0.1) is 11.8 Å². The van der Waals surface area contributed by atoms with Gasteiger partial charge >= 0.3 is 12.1 Å². The van der Waals surface area contributed by atoms with Gasteiger partial charge in [0, 0.05) is 21.7 Å². The lowest BCUT2D eigenvalue weighted by atomic mass is 10.4. The molecule has 1 unspecified atom stereocenters. The molecule has 1 rings (SSSR count). The third-order valence-electron chi connectivity index (χ3n) is 2.59. The van der Waals surface area contributed by atoms with E-state index in [1.165, 1.54) is 11.8 Å². The van der Waals surface area contributed by atoms with E-state index in [2.05, 4.69) is 16.7 Å². The first-order valence-corrected chi connectivity index (χ1v) is 8.35. The molecule has 0 bridgehead atoms. The summed E-state index contributed by atoms with van der Waals surface area (Å²) in [6, 6.07) is 7.27. The number of esters is 1. The number of nitrogens with two attached hydrogens (primary N) is 1. The third kappa shape index (κ3) is 8.78. The van der Waals surface area contributed by atoms with Crippen LogP contribution in [0, 0.1) is 0 Å². The lowest BCUT2D eigenvalue weighted by Gasteiger charge is -2.17. The Balaban J connectivity index is 2.33. The fraction of sp³-hybridized carbons (Fsp3) is 0.333. The molecule has 7 nitrogen and oxygen atoms in total. The highest BCUT2D eigenvalue weighted by atomic mass is 35.5. The second-order valence-corrected chi connectivity index (χ2v) is 5.95. The van der Waals surface area contributed by atoms with Gasteiger partial charge in [-0.3, -0.25) is 0 Å². The fourth-order valence-corrected chi connectivity index (χ4v) is 2.50. The number of ether oxygens (including phenoxy) is 2. The molecular weight excluding hydrogens is 356 g/mol. The maximum atomic E-state index is 11.7. The second-order valence-electron chi connectivity index (χ2n) is 4.42. The summed E-state index contributed by atoms with van der Waals surface area (Å²) in [5, 5.41) is 3.11. The Labute approximate surface area is 149 Å². The van der Waals surface area contributed by atoms with E-state index >= 15 is 0 Å². The number of nitrogens with one attached hydrogen (secondary N) is 1. The van der Waals surface area contributed by atoms with Crippen molar-refractivity contribution in [3.8, 4) is 0 Å². The predicted octanol–water partition coefficient (Wildman–Crippen LogP) is 2.15. The van der Waals surface area contributed by atoms with Crippen LogP contribution >= 0.6 is 23.4 Å². The van der Waals surface area contributed by atoms with Crippen LogP contribution in [0.1, 0.15) is 0 Å². The molecule has 0 fully saturated rings. The van der Waals surface area contributed by atoms with Gasteiger partial charge in [0.15, 0.2) is 0 Å². The Morgan fingerprint density at radius 3 is 2.71 bits per heavy atom. The Kier molecular flexibility index (Phi) is 9.94. The number of hydrogen-bond acceptors (Lipinski definition) is 7. The van der Waals surface area contributed by atoms with Crippen molar-refractivity contribution in [2.24, 2.45) is 5.90 Å². The zero-order chi connectivity index (χ0) is 17.8. The summed E-state index contributed by atoms with van der Waals surface area (Å²) in [7, 11) is 0. The van der Waals surface area contributed by atoms with E-state index in [0.29, 0.717) is 10.8 Å². The molecule has 0 aliphatic rings. The van der Waals surface area contributed by atoms with Crippen LogP contribution in [0.4, 0.5) is 4.79 Å². The number of amides is 1. The highest BCUT2D eigenvalue weighted by molar-refractivity contribution is 7.99. The molecule has 0 spiro atoms. The molecule has 3 N–H and O–H groups in total. The van der Waals surface area contributed by atoms with Crippen molar-refractivity contribution < 1.29 is 23.9 Å². The quantitative estimate of drug-likeness (QED) is 0.213. The van der Waals surface area contributed by atoms with Crippen LogP contribution in [0.3, 0.4) is 0 Å². The first kappa shape index (κ1) is 20.3. The summed E-state index contributed by atoms with van der Waals surface area (Å²) in [6.45, 7) is 3.47. The SMILES string of the molecule is C=CC(=O)OCCNC(=O)OC(CON)CSc1ccc(Cl)cc1. The van der Waals surface area contributed by atoms with Gasteiger partial charge in [0.05, 0.1) is 6.54 Å². The Bertz CT molecular complexity index is 541. The number of thioether (sulfide) groups is 1. The summed E-state index contributed by atoms with van der Waals surface area (Å²) in [5.74, 6) is 4.96. The number of benzene rings is 1. The zero-order valence-corrected chi connectivity index (χ0v) is 14.5. The summed E-state index contributed by atoms with van der Waals surface area (Å²) in [5.41, 5.74) is 0. The Hall–Kier alpha value is -1.74. The van der Waals surface area contributed by atoms with Crippen molar-refractivity contribution in [2.75, 3.05) is 25.5 Å². The van der Waals surface area contributed by atoms with Gasteiger partial charge in [0.2, 0.25) is 0 Å². The van der Waals surface area contributed by atoms with E-state index < -0.39 is 18.2 Å². The lowest BCUT2D eigenvalue weighted by Crippen LogP contribution is -2.35. The van der Waals surface area contributed by atoms with Crippen LogP contribution in [0.15, 0.2) is 41.8 Å². The number of carbonyl (C=O) groups is 2. The van der Waals surface area contributed by atoms with Crippen molar-refractivity contribution >= 4 is 35.4 Å². The molecule has 1 atom stereocenters. The van der Waals surface area contributed by atoms with Crippen molar-refractivity contribution in [1.29, 1.82) is 0 Å². The summed E-state index contributed by atoms with van der Waals surface area (Å²) in [4.78, 5) is 28.1. The zero-order valence-electron chi connectivity index (χ0n) is 12.9. The Morgan fingerprint density at radius 2 is 2.08 bits per heavy atom. The molecule has 0 radical (unpaired) electrons. The van der Waals surface area contributed by atoms with Crippen molar-refractivity contribution in [2.45, 2.75) is 11.0 Å². The summed E-state index contributed by atoms with van der Waals surface area (Å²) >= 11 is 7.30. The lowest BCUT2D eigenvalue weighted by molar-refractivity contribution is -0.137. The molecule has 9 heteroatoms. The normalized spacial score (nSPS) is 11.4.